The van der Waals surface area contributed by atoms with Crippen molar-refractivity contribution in [3.8, 4) is 0 Å². The van der Waals surface area contributed by atoms with E-state index < -0.39 is 19.4 Å². The normalized spacial score (nSPS) is 14.7. The summed E-state index contributed by atoms with van der Waals surface area (Å²) in [5.41, 5.74) is -0.220. The van der Waals surface area contributed by atoms with Crippen LogP contribution in [0.5, 0.6) is 0 Å². The smallest absolute Gasteiger partial charge is 0.411 e. The Labute approximate surface area is 99.2 Å². The Bertz CT molecular complexity index is 358. The number of alkyl carbamates (subject to hydrolysis) is 1. The van der Waals surface area contributed by atoms with Crippen LogP contribution in [-0.4, -0.2) is 43.5 Å². The first-order valence-electron chi connectivity index (χ1n) is 4.81. The lowest BCUT2D eigenvalue weighted by Crippen LogP contribution is -2.29. The van der Waals surface area contributed by atoms with Crippen molar-refractivity contribution >= 4 is 19.4 Å². The number of carbonyl (C=O) groups excluding carboxylic acids is 2. The van der Waals surface area contributed by atoms with Crippen molar-refractivity contribution < 1.29 is 28.5 Å². The van der Waals surface area contributed by atoms with Gasteiger partial charge in [0.25, 0.3) is 0 Å². The average Bonchev–Trinajstić information content (AvgIpc) is 2.22. The van der Waals surface area contributed by atoms with Crippen molar-refractivity contribution in [3.05, 3.63) is 11.8 Å². The fourth-order valence-corrected chi connectivity index (χ4v) is 1.35. The number of carbonyl (C=O) groups is 2. The second-order valence-electron chi connectivity index (χ2n) is 3.19. The van der Waals surface area contributed by atoms with Crippen LogP contribution in [0.4, 0.5) is 4.79 Å². The number of methoxy groups -OCH3 is 1. The molecular formula is C9H16NO6P. The predicted octanol–water partition coefficient (Wildman–Crippen LogP) is 0.690. The minimum Gasteiger partial charge on any atom is -0.464 e. The summed E-state index contributed by atoms with van der Waals surface area (Å²) in [5.74, 6) is -0.813. The van der Waals surface area contributed by atoms with Crippen LogP contribution in [0.25, 0.3) is 0 Å². The minimum absolute atomic E-state index is 0.145. The number of ether oxygens (including phenoxy) is 2. The van der Waals surface area contributed by atoms with Crippen LogP contribution in [0, 0.1) is 0 Å². The standard InChI is InChI=1S/C9H16NO6P/c1-4-16-9(12)10-7(8(11)15-2)5-6-17(3,13)14/h5H,4,6H2,1-3H3,(H,10,12)(H,13,14)/b7-5-. The van der Waals surface area contributed by atoms with Gasteiger partial charge in [-0.3, -0.25) is 9.88 Å². The van der Waals surface area contributed by atoms with Gasteiger partial charge in [-0.15, -0.1) is 0 Å². The lowest BCUT2D eigenvalue weighted by molar-refractivity contribution is -0.136. The lowest BCUT2D eigenvalue weighted by atomic mass is 10.4. The molecule has 0 aromatic carbocycles. The summed E-state index contributed by atoms with van der Waals surface area (Å²) in [6.45, 7) is 2.89. The SMILES string of the molecule is CCOC(=O)N/C(=C\CP(C)(=O)O)C(=O)OC. The maximum atomic E-state index is 11.2. The molecule has 0 bridgehead atoms. The van der Waals surface area contributed by atoms with Crippen molar-refractivity contribution in [1.29, 1.82) is 0 Å². The molecule has 0 aliphatic carbocycles. The summed E-state index contributed by atoms with van der Waals surface area (Å²) >= 11 is 0. The molecule has 0 heterocycles. The van der Waals surface area contributed by atoms with E-state index in [2.05, 4.69) is 14.8 Å². The molecule has 0 aliphatic heterocycles. The maximum Gasteiger partial charge on any atom is 0.411 e. The van der Waals surface area contributed by atoms with Gasteiger partial charge in [0.05, 0.1) is 13.7 Å². The summed E-state index contributed by atoms with van der Waals surface area (Å²) < 4.78 is 20.0. The van der Waals surface area contributed by atoms with E-state index in [0.29, 0.717) is 0 Å². The third-order valence-corrected chi connectivity index (χ3v) is 2.41. The van der Waals surface area contributed by atoms with Crippen LogP contribution in [0.3, 0.4) is 0 Å². The zero-order valence-electron chi connectivity index (χ0n) is 9.93. The Morgan fingerprint density at radius 3 is 2.47 bits per heavy atom. The third-order valence-electron chi connectivity index (χ3n) is 1.55. The topological polar surface area (TPSA) is 102 Å². The highest BCUT2D eigenvalue weighted by molar-refractivity contribution is 7.57. The maximum absolute atomic E-state index is 11.2. The molecule has 0 radical (unpaired) electrons. The number of esters is 1. The Morgan fingerprint density at radius 2 is 2.06 bits per heavy atom. The van der Waals surface area contributed by atoms with Gasteiger partial charge in [0.15, 0.2) is 0 Å². The van der Waals surface area contributed by atoms with Crippen LogP contribution >= 0.6 is 7.37 Å². The molecule has 0 aromatic rings. The van der Waals surface area contributed by atoms with E-state index in [0.717, 1.165) is 19.9 Å². The van der Waals surface area contributed by atoms with Gasteiger partial charge in [-0.25, -0.2) is 9.59 Å². The van der Waals surface area contributed by atoms with Gasteiger partial charge >= 0.3 is 12.1 Å². The second kappa shape index (κ2) is 7.09. The average molecular weight is 265 g/mol. The Hall–Kier alpha value is -1.33. The monoisotopic (exact) mass is 265 g/mol. The van der Waals surface area contributed by atoms with Gasteiger partial charge in [-0.2, -0.15) is 0 Å². The number of rotatable bonds is 5. The Morgan fingerprint density at radius 1 is 1.47 bits per heavy atom. The fourth-order valence-electron chi connectivity index (χ4n) is 0.833. The van der Waals surface area contributed by atoms with E-state index >= 15 is 0 Å². The fraction of sp³-hybridized carbons (Fsp3) is 0.556. The van der Waals surface area contributed by atoms with Crippen LogP contribution in [0.15, 0.2) is 11.8 Å². The molecule has 98 valence electrons. The zero-order valence-corrected chi connectivity index (χ0v) is 10.8. The second-order valence-corrected chi connectivity index (χ2v) is 5.66. The predicted molar refractivity (Wildman–Crippen MR) is 60.9 cm³/mol. The molecule has 7 nitrogen and oxygen atoms in total. The van der Waals surface area contributed by atoms with Gasteiger partial charge in [0, 0.05) is 12.8 Å². The lowest BCUT2D eigenvalue weighted by Gasteiger charge is -2.08. The van der Waals surface area contributed by atoms with Crippen molar-refractivity contribution in [3.63, 3.8) is 0 Å². The van der Waals surface area contributed by atoms with Gasteiger partial charge in [0.1, 0.15) is 5.70 Å². The molecule has 1 amide bonds. The molecule has 0 fully saturated rings. The van der Waals surface area contributed by atoms with E-state index in [4.69, 9.17) is 4.89 Å². The molecule has 0 saturated heterocycles. The van der Waals surface area contributed by atoms with Crippen molar-refractivity contribution in [2.45, 2.75) is 6.92 Å². The van der Waals surface area contributed by atoms with Crippen molar-refractivity contribution in [2.24, 2.45) is 0 Å². The summed E-state index contributed by atoms with van der Waals surface area (Å²) in [5, 5.41) is 2.13. The molecule has 1 unspecified atom stereocenters. The Kier molecular flexibility index (Phi) is 6.53. The summed E-state index contributed by atoms with van der Waals surface area (Å²) in [4.78, 5) is 31.4. The number of amides is 1. The molecule has 0 aromatic heterocycles. The van der Waals surface area contributed by atoms with Gasteiger partial charge in [-0.05, 0) is 13.0 Å². The van der Waals surface area contributed by atoms with Gasteiger partial charge in [0.2, 0.25) is 7.37 Å². The summed E-state index contributed by atoms with van der Waals surface area (Å²) in [6.07, 6.45) is 0.0564. The molecule has 0 rings (SSSR count). The van der Waals surface area contributed by atoms with E-state index in [1.807, 2.05) is 0 Å². The minimum atomic E-state index is -3.30. The molecule has 8 heteroatoms. The van der Waals surface area contributed by atoms with E-state index in [9.17, 15) is 14.2 Å². The highest BCUT2D eigenvalue weighted by Gasteiger charge is 2.16. The molecule has 0 spiro atoms. The highest BCUT2D eigenvalue weighted by atomic mass is 31.2. The summed E-state index contributed by atoms with van der Waals surface area (Å²) in [7, 11) is -2.17. The molecule has 17 heavy (non-hydrogen) atoms. The molecule has 1 atom stereocenters. The molecule has 2 N–H and O–H groups in total. The number of nitrogens with one attached hydrogen (secondary N) is 1. The van der Waals surface area contributed by atoms with E-state index in [-0.39, 0.29) is 18.5 Å². The first-order valence-corrected chi connectivity index (χ1v) is 7.11. The largest absolute Gasteiger partial charge is 0.464 e. The zero-order chi connectivity index (χ0) is 13.5. The van der Waals surface area contributed by atoms with Crippen LogP contribution in [0.2, 0.25) is 0 Å². The number of allylic oxidation sites excluding steroid dienone is 1. The highest BCUT2D eigenvalue weighted by Crippen LogP contribution is 2.34. The van der Waals surface area contributed by atoms with Gasteiger partial charge < -0.3 is 14.4 Å². The quantitative estimate of drug-likeness (QED) is 0.431. The number of hydrogen-bond donors (Lipinski definition) is 2. The van der Waals surface area contributed by atoms with Crippen LogP contribution in [-0.2, 0) is 18.8 Å². The first kappa shape index (κ1) is 15.7. The number of hydrogen-bond acceptors (Lipinski definition) is 5. The van der Waals surface area contributed by atoms with E-state index in [1.54, 1.807) is 6.92 Å². The van der Waals surface area contributed by atoms with Crippen molar-refractivity contribution in [1.82, 2.24) is 5.32 Å². The third kappa shape index (κ3) is 7.54. The molecule has 0 aliphatic rings. The first-order chi connectivity index (χ1) is 7.80. The Balaban J connectivity index is 4.71. The van der Waals surface area contributed by atoms with Crippen LogP contribution < -0.4 is 5.32 Å². The molecule has 0 saturated carbocycles. The van der Waals surface area contributed by atoms with Crippen LogP contribution in [0.1, 0.15) is 6.92 Å². The summed E-state index contributed by atoms with van der Waals surface area (Å²) in [6, 6.07) is 0. The van der Waals surface area contributed by atoms with Gasteiger partial charge in [-0.1, -0.05) is 0 Å². The van der Waals surface area contributed by atoms with E-state index in [1.165, 1.54) is 0 Å². The molecular weight excluding hydrogens is 249 g/mol. The van der Waals surface area contributed by atoms with Crippen molar-refractivity contribution in [2.75, 3.05) is 26.5 Å².